The van der Waals surface area contributed by atoms with E-state index in [4.69, 9.17) is 9.47 Å². The Labute approximate surface area is 157 Å². The molecule has 26 heavy (non-hydrogen) atoms. The molecular formula is C20H34N2O4. The minimum absolute atomic E-state index is 0.0787. The van der Waals surface area contributed by atoms with Gasteiger partial charge in [0.1, 0.15) is 12.2 Å². The van der Waals surface area contributed by atoms with Gasteiger partial charge in [-0.1, -0.05) is 6.92 Å². The monoisotopic (exact) mass is 366 g/mol. The molecule has 3 heterocycles. The molecule has 2 amide bonds. The summed E-state index contributed by atoms with van der Waals surface area (Å²) in [4.78, 5) is 29.5. The van der Waals surface area contributed by atoms with Gasteiger partial charge in [-0.05, 0) is 59.3 Å². The second-order valence-corrected chi connectivity index (χ2v) is 9.48. The molecule has 0 bridgehead atoms. The number of carbonyl (C=O) groups is 2. The van der Waals surface area contributed by atoms with Gasteiger partial charge in [-0.3, -0.25) is 9.59 Å². The highest BCUT2D eigenvalue weighted by atomic mass is 16.5. The first kappa shape index (κ1) is 19.6. The molecule has 0 aliphatic carbocycles. The number of amides is 2. The van der Waals surface area contributed by atoms with Crippen molar-refractivity contribution in [3.05, 3.63) is 0 Å². The fraction of sp³-hybridized carbons (Fsp3) is 0.900. The van der Waals surface area contributed by atoms with E-state index >= 15 is 0 Å². The molecular weight excluding hydrogens is 332 g/mol. The van der Waals surface area contributed by atoms with E-state index in [1.54, 1.807) is 0 Å². The van der Waals surface area contributed by atoms with Crippen LogP contribution >= 0.6 is 0 Å². The maximum Gasteiger partial charge on any atom is 0.251 e. The first-order valence-electron chi connectivity index (χ1n) is 9.99. The zero-order chi connectivity index (χ0) is 19.1. The Bertz CT molecular complexity index is 512. The first-order valence-corrected chi connectivity index (χ1v) is 9.99. The molecule has 2 atom stereocenters. The van der Waals surface area contributed by atoms with Crippen molar-refractivity contribution in [2.24, 2.45) is 5.92 Å². The zero-order valence-corrected chi connectivity index (χ0v) is 16.9. The Kier molecular flexibility index (Phi) is 5.37. The lowest BCUT2D eigenvalue weighted by atomic mass is 10.0. The number of nitrogens with zero attached hydrogens (tertiary/aromatic N) is 2. The topological polar surface area (TPSA) is 59.1 Å². The van der Waals surface area contributed by atoms with Gasteiger partial charge in [-0.15, -0.1) is 0 Å². The highest BCUT2D eigenvalue weighted by molar-refractivity contribution is 5.83. The molecule has 0 radical (unpaired) electrons. The normalized spacial score (nSPS) is 34.0. The summed E-state index contributed by atoms with van der Waals surface area (Å²) in [6, 6.07) is 0. The van der Waals surface area contributed by atoms with E-state index < -0.39 is 0 Å². The van der Waals surface area contributed by atoms with Crippen LogP contribution < -0.4 is 0 Å². The Morgan fingerprint density at radius 3 is 1.50 bits per heavy atom. The van der Waals surface area contributed by atoms with Gasteiger partial charge < -0.3 is 19.3 Å². The molecule has 3 aliphatic heterocycles. The minimum atomic E-state index is -0.335. The number of rotatable bonds is 2. The molecule has 0 aromatic rings. The summed E-state index contributed by atoms with van der Waals surface area (Å²) in [7, 11) is 0. The average molecular weight is 367 g/mol. The minimum Gasteiger partial charge on any atom is -0.363 e. The summed E-state index contributed by atoms with van der Waals surface area (Å²) in [6.07, 6.45) is 2.71. The highest BCUT2D eigenvalue weighted by Crippen LogP contribution is 2.32. The third-order valence-corrected chi connectivity index (χ3v) is 5.82. The largest absolute Gasteiger partial charge is 0.363 e. The molecule has 0 spiro atoms. The van der Waals surface area contributed by atoms with Crippen LogP contribution in [0.4, 0.5) is 0 Å². The number of ether oxygens (including phenoxy) is 2. The predicted molar refractivity (Wildman–Crippen MR) is 98.7 cm³/mol. The van der Waals surface area contributed by atoms with E-state index in [9.17, 15) is 9.59 Å². The van der Waals surface area contributed by atoms with Crippen molar-refractivity contribution < 1.29 is 19.1 Å². The van der Waals surface area contributed by atoms with Crippen molar-refractivity contribution in [2.75, 3.05) is 26.2 Å². The average Bonchev–Trinajstić information content (AvgIpc) is 3.02. The Morgan fingerprint density at radius 1 is 0.808 bits per heavy atom. The molecule has 3 saturated heterocycles. The smallest absolute Gasteiger partial charge is 0.251 e. The number of hydrogen-bond donors (Lipinski definition) is 0. The van der Waals surface area contributed by atoms with Crippen LogP contribution in [-0.2, 0) is 19.1 Å². The maximum absolute atomic E-state index is 12.9. The zero-order valence-electron chi connectivity index (χ0n) is 16.9. The van der Waals surface area contributed by atoms with Crippen LogP contribution in [0.5, 0.6) is 0 Å². The van der Waals surface area contributed by atoms with E-state index in [0.29, 0.717) is 26.2 Å². The molecule has 3 rings (SSSR count). The van der Waals surface area contributed by atoms with E-state index in [0.717, 1.165) is 25.7 Å². The summed E-state index contributed by atoms with van der Waals surface area (Å²) in [6.45, 7) is 12.8. The lowest BCUT2D eigenvalue weighted by Crippen LogP contribution is -2.44. The summed E-state index contributed by atoms with van der Waals surface area (Å²) >= 11 is 0. The lowest BCUT2D eigenvalue weighted by Gasteiger charge is -2.27. The lowest BCUT2D eigenvalue weighted by molar-refractivity contribution is -0.148. The Balaban J connectivity index is 1.60. The SMILES string of the molecule is CC1CN(C(=O)C2CCC(C)(C)O2)CCN(C(=O)C2CCC(C)(C)O2)C1. The van der Waals surface area contributed by atoms with Crippen molar-refractivity contribution in [3.8, 4) is 0 Å². The van der Waals surface area contributed by atoms with Gasteiger partial charge in [-0.2, -0.15) is 0 Å². The molecule has 0 N–H and O–H groups in total. The van der Waals surface area contributed by atoms with Gasteiger partial charge in [0, 0.05) is 26.2 Å². The van der Waals surface area contributed by atoms with Crippen molar-refractivity contribution >= 4 is 11.8 Å². The van der Waals surface area contributed by atoms with Crippen LogP contribution in [0.15, 0.2) is 0 Å². The van der Waals surface area contributed by atoms with Crippen LogP contribution in [-0.4, -0.2) is 71.2 Å². The molecule has 6 heteroatoms. The molecule has 3 fully saturated rings. The molecule has 148 valence electrons. The second kappa shape index (κ2) is 7.12. The van der Waals surface area contributed by atoms with E-state index in [1.165, 1.54) is 0 Å². The van der Waals surface area contributed by atoms with Gasteiger partial charge in [0.15, 0.2) is 0 Å². The van der Waals surface area contributed by atoms with Crippen LogP contribution in [0.25, 0.3) is 0 Å². The van der Waals surface area contributed by atoms with Crippen LogP contribution in [0.1, 0.15) is 60.3 Å². The molecule has 0 aromatic heterocycles. The third-order valence-electron chi connectivity index (χ3n) is 5.82. The fourth-order valence-electron chi connectivity index (χ4n) is 4.35. The van der Waals surface area contributed by atoms with Crippen LogP contribution in [0.3, 0.4) is 0 Å². The Morgan fingerprint density at radius 2 is 1.19 bits per heavy atom. The highest BCUT2D eigenvalue weighted by Gasteiger charge is 2.41. The molecule has 0 saturated carbocycles. The van der Waals surface area contributed by atoms with Crippen molar-refractivity contribution in [2.45, 2.75) is 83.7 Å². The third kappa shape index (κ3) is 4.39. The molecule has 3 aliphatic rings. The summed E-state index contributed by atoms with van der Waals surface area (Å²) in [5.74, 6) is 0.402. The van der Waals surface area contributed by atoms with Crippen LogP contribution in [0.2, 0.25) is 0 Å². The molecule has 6 nitrogen and oxygen atoms in total. The van der Waals surface area contributed by atoms with Gasteiger partial charge in [0.05, 0.1) is 11.2 Å². The summed E-state index contributed by atoms with van der Waals surface area (Å²) in [5.41, 5.74) is -0.432. The predicted octanol–water partition coefficient (Wildman–Crippen LogP) is 2.21. The van der Waals surface area contributed by atoms with Crippen molar-refractivity contribution in [1.29, 1.82) is 0 Å². The quantitative estimate of drug-likeness (QED) is 0.752. The van der Waals surface area contributed by atoms with Gasteiger partial charge in [0.2, 0.25) is 0 Å². The number of hydrogen-bond acceptors (Lipinski definition) is 4. The fourth-order valence-corrected chi connectivity index (χ4v) is 4.35. The van der Waals surface area contributed by atoms with E-state index in [2.05, 4.69) is 6.92 Å². The van der Waals surface area contributed by atoms with Crippen molar-refractivity contribution in [1.82, 2.24) is 9.80 Å². The summed E-state index contributed by atoms with van der Waals surface area (Å²) in [5, 5.41) is 0. The van der Waals surface area contributed by atoms with E-state index in [-0.39, 0.29) is 41.1 Å². The molecule has 0 aromatic carbocycles. The van der Waals surface area contributed by atoms with Crippen molar-refractivity contribution in [3.63, 3.8) is 0 Å². The standard InChI is InChI=1S/C20H34N2O4/c1-14-12-21(17(23)15-6-8-19(2,3)25-15)10-11-22(13-14)18(24)16-7-9-20(4,5)26-16/h14-16H,6-13H2,1-5H3. The van der Waals surface area contributed by atoms with Gasteiger partial charge in [0.25, 0.3) is 11.8 Å². The van der Waals surface area contributed by atoms with Crippen LogP contribution in [0, 0.1) is 5.92 Å². The second-order valence-electron chi connectivity index (χ2n) is 9.48. The summed E-state index contributed by atoms with van der Waals surface area (Å²) < 4.78 is 11.9. The molecule has 2 unspecified atom stereocenters. The van der Waals surface area contributed by atoms with Gasteiger partial charge >= 0.3 is 0 Å². The maximum atomic E-state index is 12.9. The van der Waals surface area contributed by atoms with E-state index in [1.807, 2.05) is 37.5 Å². The first-order chi connectivity index (χ1) is 12.1. The Hall–Kier alpha value is -1.14. The van der Waals surface area contributed by atoms with Gasteiger partial charge in [-0.25, -0.2) is 0 Å². The number of carbonyl (C=O) groups excluding carboxylic acids is 2.